The van der Waals surface area contributed by atoms with Crippen LogP contribution < -0.4 is 20.5 Å². The zero-order valence-corrected chi connectivity index (χ0v) is 21.2. The third-order valence-electron chi connectivity index (χ3n) is 5.59. The fourth-order valence-corrected chi connectivity index (χ4v) is 3.69. The first-order valence-electron chi connectivity index (χ1n) is 10.8. The largest absolute Gasteiger partial charge is 0.493 e. The number of aliphatic hydroxyl groups excluding tert-OH is 1. The minimum atomic E-state index is -0.130. The van der Waals surface area contributed by atoms with Gasteiger partial charge in [0.15, 0.2) is 17.5 Å². The maximum absolute atomic E-state index is 9.62. The lowest BCUT2D eigenvalue weighted by Crippen LogP contribution is -2.35. The maximum Gasteiger partial charge on any atom is 0.188 e. The van der Waals surface area contributed by atoms with E-state index in [4.69, 9.17) is 15.2 Å². The predicted molar refractivity (Wildman–Crippen MR) is 139 cm³/mol. The number of ether oxygens (including phenoxy) is 2. The van der Waals surface area contributed by atoms with E-state index in [9.17, 15) is 5.11 Å². The Labute approximate surface area is 208 Å². The van der Waals surface area contributed by atoms with Gasteiger partial charge in [0.05, 0.1) is 26.9 Å². The molecule has 1 aliphatic rings. The number of nitrogens with two attached hydrogens (primary N) is 1. The molecule has 0 unspecified atom stereocenters. The molecule has 1 aliphatic heterocycles. The van der Waals surface area contributed by atoms with Gasteiger partial charge in [-0.1, -0.05) is 30.3 Å². The van der Waals surface area contributed by atoms with Crippen molar-refractivity contribution < 1.29 is 14.6 Å². The Morgan fingerprint density at radius 2 is 1.66 bits per heavy atom. The Bertz CT molecular complexity index is 853. The quantitative estimate of drug-likeness (QED) is 0.251. The lowest BCUT2D eigenvalue weighted by Gasteiger charge is -2.29. The van der Waals surface area contributed by atoms with Gasteiger partial charge in [0, 0.05) is 26.2 Å². The first-order chi connectivity index (χ1) is 15.1. The number of methoxy groups -OCH3 is 2. The molecule has 0 atom stereocenters. The SMILES string of the molecule is COc1ccc(CCNC(N)=NCc2ccc(CN3CCC(O)CC3)cc2)cc1OC.I. The lowest BCUT2D eigenvalue weighted by atomic mass is 10.1. The van der Waals surface area contributed by atoms with Crippen molar-refractivity contribution in [1.29, 1.82) is 0 Å². The number of piperidine rings is 1. The fraction of sp³-hybridized carbons (Fsp3) is 0.458. The molecule has 0 bridgehead atoms. The Balaban J connectivity index is 0.00000363. The van der Waals surface area contributed by atoms with E-state index in [1.165, 1.54) is 5.56 Å². The number of rotatable bonds is 9. The van der Waals surface area contributed by atoms with Gasteiger partial charge in [-0.2, -0.15) is 0 Å². The molecule has 1 heterocycles. The minimum absolute atomic E-state index is 0. The second-order valence-electron chi connectivity index (χ2n) is 7.89. The summed E-state index contributed by atoms with van der Waals surface area (Å²) in [6.07, 6.45) is 2.41. The van der Waals surface area contributed by atoms with Gasteiger partial charge in [0.25, 0.3) is 0 Å². The summed E-state index contributed by atoms with van der Waals surface area (Å²) < 4.78 is 10.6. The van der Waals surface area contributed by atoms with E-state index in [1.807, 2.05) is 18.2 Å². The van der Waals surface area contributed by atoms with Crippen molar-refractivity contribution in [3.05, 3.63) is 59.2 Å². The van der Waals surface area contributed by atoms with Crippen molar-refractivity contribution in [2.45, 2.75) is 38.5 Å². The van der Waals surface area contributed by atoms with Gasteiger partial charge in [-0.25, -0.2) is 4.99 Å². The van der Waals surface area contributed by atoms with E-state index in [2.05, 4.69) is 39.5 Å². The summed E-state index contributed by atoms with van der Waals surface area (Å²) in [5.41, 5.74) is 9.56. The van der Waals surface area contributed by atoms with E-state index in [0.29, 0.717) is 19.0 Å². The molecule has 0 spiro atoms. The Morgan fingerprint density at radius 1 is 1.03 bits per heavy atom. The van der Waals surface area contributed by atoms with E-state index in [0.717, 1.165) is 61.5 Å². The van der Waals surface area contributed by atoms with Crippen LogP contribution in [-0.2, 0) is 19.5 Å². The third-order valence-corrected chi connectivity index (χ3v) is 5.59. The third kappa shape index (κ3) is 8.14. The predicted octanol–water partition coefficient (Wildman–Crippen LogP) is 2.93. The molecule has 0 radical (unpaired) electrons. The number of hydrogen-bond donors (Lipinski definition) is 3. The molecule has 7 nitrogen and oxygen atoms in total. The number of benzene rings is 2. The molecule has 176 valence electrons. The molecule has 32 heavy (non-hydrogen) atoms. The summed E-state index contributed by atoms with van der Waals surface area (Å²) in [6.45, 7) is 4.08. The highest BCUT2D eigenvalue weighted by molar-refractivity contribution is 14.0. The van der Waals surface area contributed by atoms with Crippen LogP contribution in [0.5, 0.6) is 11.5 Å². The highest BCUT2D eigenvalue weighted by Gasteiger charge is 2.16. The average Bonchev–Trinajstić information content (AvgIpc) is 2.80. The molecule has 0 saturated carbocycles. The number of halogens is 1. The zero-order chi connectivity index (χ0) is 22.1. The van der Waals surface area contributed by atoms with Gasteiger partial charge >= 0.3 is 0 Å². The highest BCUT2D eigenvalue weighted by Crippen LogP contribution is 2.27. The number of nitrogens with one attached hydrogen (secondary N) is 1. The molecule has 2 aromatic carbocycles. The normalized spacial score (nSPS) is 15.2. The standard InChI is InChI=1S/C24H34N4O3.HI/c1-30-22-8-7-18(15-23(22)31-2)9-12-26-24(25)27-16-19-3-5-20(6-4-19)17-28-13-10-21(29)11-14-28;/h3-8,15,21,29H,9-14,16-17H2,1-2H3,(H3,25,26,27);1H. The molecule has 4 N–H and O–H groups in total. The summed E-state index contributed by atoms with van der Waals surface area (Å²) in [4.78, 5) is 6.83. The Hall–Kier alpha value is -2.04. The van der Waals surface area contributed by atoms with Crippen LogP contribution in [0.1, 0.15) is 29.5 Å². The van der Waals surface area contributed by atoms with Crippen LogP contribution in [0.4, 0.5) is 0 Å². The molecule has 2 aromatic rings. The topological polar surface area (TPSA) is 92.3 Å². The van der Waals surface area contributed by atoms with Crippen molar-refractivity contribution in [1.82, 2.24) is 10.2 Å². The molecule has 0 aromatic heterocycles. The minimum Gasteiger partial charge on any atom is -0.493 e. The van der Waals surface area contributed by atoms with Crippen LogP contribution in [0.3, 0.4) is 0 Å². The van der Waals surface area contributed by atoms with Gasteiger partial charge in [0.2, 0.25) is 0 Å². The monoisotopic (exact) mass is 554 g/mol. The van der Waals surface area contributed by atoms with Crippen LogP contribution >= 0.6 is 24.0 Å². The molecular formula is C24H35IN4O3. The number of aliphatic hydroxyl groups is 1. The summed E-state index contributed by atoms with van der Waals surface area (Å²) in [5.74, 6) is 1.89. The molecule has 3 rings (SSSR count). The number of aliphatic imine (C=N–C) groups is 1. The Kier molecular flexibility index (Phi) is 11.1. The van der Waals surface area contributed by atoms with Gasteiger partial charge in [-0.05, 0) is 48.1 Å². The van der Waals surface area contributed by atoms with Crippen molar-refractivity contribution >= 4 is 29.9 Å². The van der Waals surface area contributed by atoms with E-state index < -0.39 is 0 Å². The van der Waals surface area contributed by atoms with Gasteiger partial charge < -0.3 is 25.6 Å². The van der Waals surface area contributed by atoms with Gasteiger partial charge in [0.1, 0.15) is 0 Å². The van der Waals surface area contributed by atoms with Crippen molar-refractivity contribution in [2.75, 3.05) is 33.9 Å². The second-order valence-corrected chi connectivity index (χ2v) is 7.89. The summed E-state index contributed by atoms with van der Waals surface area (Å²) in [5, 5.41) is 12.8. The number of nitrogens with zero attached hydrogens (tertiary/aromatic N) is 2. The molecule has 1 fully saturated rings. The maximum atomic E-state index is 9.62. The average molecular weight is 554 g/mol. The van der Waals surface area contributed by atoms with E-state index >= 15 is 0 Å². The van der Waals surface area contributed by atoms with Crippen molar-refractivity contribution in [3.63, 3.8) is 0 Å². The number of hydrogen-bond acceptors (Lipinski definition) is 5. The second kappa shape index (κ2) is 13.5. The van der Waals surface area contributed by atoms with Crippen LogP contribution in [0.25, 0.3) is 0 Å². The summed E-state index contributed by atoms with van der Waals surface area (Å²) >= 11 is 0. The van der Waals surface area contributed by atoms with Crippen LogP contribution in [0.2, 0.25) is 0 Å². The number of likely N-dealkylation sites (tertiary alicyclic amines) is 1. The van der Waals surface area contributed by atoms with Gasteiger partial charge in [-0.15, -0.1) is 24.0 Å². The lowest BCUT2D eigenvalue weighted by molar-refractivity contribution is 0.0792. The van der Waals surface area contributed by atoms with Gasteiger partial charge in [-0.3, -0.25) is 4.90 Å². The van der Waals surface area contributed by atoms with Crippen molar-refractivity contribution in [2.24, 2.45) is 10.7 Å². The van der Waals surface area contributed by atoms with Crippen LogP contribution in [0, 0.1) is 0 Å². The molecule has 0 aliphatic carbocycles. The van der Waals surface area contributed by atoms with Crippen LogP contribution in [-0.4, -0.2) is 55.9 Å². The molecule has 8 heteroatoms. The smallest absolute Gasteiger partial charge is 0.188 e. The number of guanidine groups is 1. The summed E-state index contributed by atoms with van der Waals surface area (Å²) in [6, 6.07) is 14.4. The molecular weight excluding hydrogens is 519 g/mol. The summed E-state index contributed by atoms with van der Waals surface area (Å²) in [7, 11) is 3.26. The first-order valence-corrected chi connectivity index (χ1v) is 10.8. The fourth-order valence-electron chi connectivity index (χ4n) is 3.69. The van der Waals surface area contributed by atoms with E-state index in [1.54, 1.807) is 14.2 Å². The Morgan fingerprint density at radius 3 is 2.31 bits per heavy atom. The molecule has 1 saturated heterocycles. The van der Waals surface area contributed by atoms with Crippen molar-refractivity contribution in [3.8, 4) is 11.5 Å². The van der Waals surface area contributed by atoms with Crippen LogP contribution in [0.15, 0.2) is 47.5 Å². The highest BCUT2D eigenvalue weighted by atomic mass is 127. The van der Waals surface area contributed by atoms with E-state index in [-0.39, 0.29) is 30.1 Å². The first kappa shape index (κ1) is 26.2. The zero-order valence-electron chi connectivity index (χ0n) is 18.9. The molecule has 0 amide bonds.